The average molecular weight is 569 g/mol. The molecule has 1 saturated carbocycles. The Labute approximate surface area is 232 Å². The topological polar surface area (TPSA) is 113 Å². The quantitative estimate of drug-likeness (QED) is 0.268. The Hall–Kier alpha value is -3.90. The number of benzene rings is 1. The van der Waals surface area contributed by atoms with Crippen molar-refractivity contribution >= 4 is 28.9 Å². The number of aryl methyl sites for hydroxylation is 1. The number of hydrogen-bond donors (Lipinski definition) is 3. The van der Waals surface area contributed by atoms with Crippen LogP contribution < -0.4 is 10.6 Å². The van der Waals surface area contributed by atoms with Crippen LogP contribution in [-0.4, -0.2) is 37.0 Å². The predicted octanol–water partition coefficient (Wildman–Crippen LogP) is 5.56. The molecule has 208 valence electrons. The van der Waals surface area contributed by atoms with Crippen LogP contribution in [0.4, 0.5) is 24.8 Å². The van der Waals surface area contributed by atoms with Gasteiger partial charge in [-0.2, -0.15) is 13.2 Å². The third kappa shape index (κ3) is 6.62. The van der Waals surface area contributed by atoms with Gasteiger partial charge in [-0.25, -0.2) is 15.0 Å². The number of alkyl halides is 3. The highest BCUT2D eigenvalue weighted by Gasteiger charge is 2.38. The van der Waals surface area contributed by atoms with Crippen molar-refractivity contribution in [2.24, 2.45) is 0 Å². The van der Waals surface area contributed by atoms with Gasteiger partial charge in [-0.3, -0.25) is 9.78 Å². The van der Waals surface area contributed by atoms with E-state index < -0.39 is 17.5 Å². The van der Waals surface area contributed by atoms with Crippen LogP contribution in [0.15, 0.2) is 61.2 Å². The van der Waals surface area contributed by atoms with Crippen LogP contribution in [0.3, 0.4) is 0 Å². The molecule has 0 atom stereocenters. The van der Waals surface area contributed by atoms with Gasteiger partial charge in [0.2, 0.25) is 11.9 Å². The number of nitrogens with one attached hydrogen (secondary N) is 2. The van der Waals surface area contributed by atoms with E-state index in [2.05, 4.69) is 30.6 Å². The van der Waals surface area contributed by atoms with Crippen LogP contribution in [0.1, 0.15) is 47.5 Å². The fourth-order valence-corrected chi connectivity index (χ4v) is 5.80. The van der Waals surface area contributed by atoms with E-state index in [1.807, 2.05) is 19.1 Å². The third-order valence-electron chi connectivity index (χ3n) is 6.73. The zero-order chi connectivity index (χ0) is 28.3. The highest BCUT2D eigenvalue weighted by atomic mass is 32.1. The number of aliphatic hydroxyl groups is 1. The molecule has 4 aromatic rings. The maximum Gasteiger partial charge on any atom is 0.433 e. The molecule has 0 saturated heterocycles. The van der Waals surface area contributed by atoms with Gasteiger partial charge in [-0.05, 0) is 73.6 Å². The first kappa shape index (κ1) is 27.7. The molecule has 1 aliphatic carbocycles. The number of carbonyl (C=O) groups excluding carboxylic acids is 1. The van der Waals surface area contributed by atoms with E-state index >= 15 is 0 Å². The number of halogens is 3. The Kier molecular flexibility index (Phi) is 7.81. The lowest BCUT2D eigenvalue weighted by Crippen LogP contribution is -2.42. The van der Waals surface area contributed by atoms with E-state index in [9.17, 15) is 23.1 Å². The molecule has 3 heterocycles. The minimum Gasteiger partial charge on any atom is -0.383 e. The lowest BCUT2D eigenvalue weighted by Gasteiger charge is -2.34. The summed E-state index contributed by atoms with van der Waals surface area (Å²) in [6.45, 7) is 1.88. The van der Waals surface area contributed by atoms with E-state index in [0.29, 0.717) is 36.4 Å². The molecule has 5 rings (SSSR count). The van der Waals surface area contributed by atoms with Gasteiger partial charge in [0.1, 0.15) is 16.3 Å². The Bertz CT molecular complexity index is 1490. The summed E-state index contributed by atoms with van der Waals surface area (Å²) in [6, 6.07) is 9.96. The molecule has 1 aliphatic rings. The van der Waals surface area contributed by atoms with Crippen LogP contribution in [-0.2, 0) is 23.0 Å². The van der Waals surface area contributed by atoms with Crippen molar-refractivity contribution in [3.05, 3.63) is 83.0 Å². The molecule has 3 aromatic heterocycles. The number of amides is 1. The molecule has 0 unspecified atom stereocenters. The van der Waals surface area contributed by atoms with Gasteiger partial charge in [0.15, 0.2) is 0 Å². The predicted molar refractivity (Wildman–Crippen MR) is 145 cm³/mol. The zero-order valence-corrected chi connectivity index (χ0v) is 22.4. The average Bonchev–Trinajstić information content (AvgIpc) is 3.42. The molecule has 0 spiro atoms. The van der Waals surface area contributed by atoms with Gasteiger partial charge < -0.3 is 15.7 Å². The first-order chi connectivity index (χ1) is 19.1. The second kappa shape index (κ2) is 11.3. The SMILES string of the molecule is Cc1cc(Nc2nccc(C(F)(F)F)n2)cc(-c2cnc([C@]3(O)CC[C@@H](NC(=O)Cc4cccnc4)CC3)s2)c1. The Morgan fingerprint density at radius 1 is 1.12 bits per heavy atom. The Morgan fingerprint density at radius 2 is 1.93 bits per heavy atom. The summed E-state index contributed by atoms with van der Waals surface area (Å²) >= 11 is 1.37. The molecule has 40 heavy (non-hydrogen) atoms. The number of nitrogens with zero attached hydrogens (tertiary/aromatic N) is 4. The largest absolute Gasteiger partial charge is 0.433 e. The monoisotopic (exact) mass is 568 g/mol. The second-order valence-electron chi connectivity index (χ2n) is 9.92. The van der Waals surface area contributed by atoms with Crippen molar-refractivity contribution in [2.45, 2.75) is 56.8 Å². The smallest absolute Gasteiger partial charge is 0.383 e. The summed E-state index contributed by atoms with van der Waals surface area (Å²) in [5.41, 5.74) is 0.942. The lowest BCUT2D eigenvalue weighted by atomic mass is 9.82. The second-order valence-corrected chi connectivity index (χ2v) is 10.9. The molecule has 8 nitrogen and oxygen atoms in total. The standard InChI is InChI=1S/C28H27F3N6O2S/c1-17-11-19(14-21(12-17)36-26-33-10-6-23(37-26)28(29,30)31)22-16-34-25(40-22)27(39)7-4-20(5-8-27)35-24(38)13-18-3-2-9-32-15-18/h2-3,6,9-12,14-16,20,39H,4-5,7-8,13H2,1H3,(H,35,38)(H,33,36,37)/t20-,27+. The third-order valence-corrected chi connectivity index (χ3v) is 7.97. The van der Waals surface area contributed by atoms with Crippen LogP contribution in [0.2, 0.25) is 0 Å². The van der Waals surface area contributed by atoms with Crippen LogP contribution in [0, 0.1) is 6.92 Å². The van der Waals surface area contributed by atoms with Crippen LogP contribution in [0.5, 0.6) is 0 Å². The van der Waals surface area contributed by atoms with Gasteiger partial charge in [0.25, 0.3) is 0 Å². The zero-order valence-electron chi connectivity index (χ0n) is 21.6. The van der Waals surface area contributed by atoms with Gasteiger partial charge in [0.05, 0.1) is 11.3 Å². The van der Waals surface area contributed by atoms with Crippen molar-refractivity contribution in [3.63, 3.8) is 0 Å². The first-order valence-electron chi connectivity index (χ1n) is 12.7. The molecule has 3 N–H and O–H groups in total. The number of anilines is 2. The number of rotatable bonds is 7. The molecule has 0 aliphatic heterocycles. The van der Waals surface area contributed by atoms with Gasteiger partial charge >= 0.3 is 6.18 Å². The summed E-state index contributed by atoms with van der Waals surface area (Å²) in [7, 11) is 0. The number of hydrogen-bond acceptors (Lipinski definition) is 8. The summed E-state index contributed by atoms with van der Waals surface area (Å²) < 4.78 is 39.1. The number of pyridine rings is 1. The fourth-order valence-electron chi connectivity index (χ4n) is 4.75. The number of carbonyl (C=O) groups is 1. The van der Waals surface area contributed by atoms with Crippen molar-refractivity contribution in [3.8, 4) is 10.4 Å². The van der Waals surface area contributed by atoms with Crippen molar-refractivity contribution < 1.29 is 23.1 Å². The lowest BCUT2D eigenvalue weighted by molar-refractivity contribution is -0.141. The number of thiazole rings is 1. The molecule has 0 bridgehead atoms. The van der Waals surface area contributed by atoms with Crippen LogP contribution in [0.25, 0.3) is 10.4 Å². The van der Waals surface area contributed by atoms with Crippen molar-refractivity contribution in [2.75, 3.05) is 5.32 Å². The Balaban J connectivity index is 1.24. The van der Waals surface area contributed by atoms with Crippen molar-refractivity contribution in [1.82, 2.24) is 25.3 Å². The minimum absolute atomic E-state index is 0.0210. The normalized spacial score (nSPS) is 19.3. The molecule has 12 heteroatoms. The maximum atomic E-state index is 13.0. The molecule has 1 fully saturated rings. The first-order valence-corrected chi connectivity index (χ1v) is 13.6. The highest BCUT2D eigenvalue weighted by molar-refractivity contribution is 7.15. The van der Waals surface area contributed by atoms with E-state index in [0.717, 1.165) is 33.8 Å². The van der Waals surface area contributed by atoms with Gasteiger partial charge in [-0.15, -0.1) is 11.3 Å². The summed E-state index contributed by atoms with van der Waals surface area (Å²) in [5.74, 6) is -0.227. The van der Waals surface area contributed by atoms with Crippen molar-refractivity contribution in [1.29, 1.82) is 0 Å². The fraction of sp³-hybridized carbons (Fsp3) is 0.321. The number of aromatic nitrogens is 4. The van der Waals surface area contributed by atoms with Gasteiger partial charge in [-0.1, -0.05) is 12.1 Å². The summed E-state index contributed by atoms with van der Waals surface area (Å²) in [5, 5.41) is 17.9. The van der Waals surface area contributed by atoms with E-state index in [1.165, 1.54) is 11.3 Å². The van der Waals surface area contributed by atoms with E-state index in [4.69, 9.17) is 0 Å². The summed E-state index contributed by atoms with van der Waals surface area (Å²) in [6.07, 6.45) is 3.96. The molecular formula is C28H27F3N6O2S. The molecular weight excluding hydrogens is 541 g/mol. The highest BCUT2D eigenvalue weighted by Crippen LogP contribution is 2.41. The van der Waals surface area contributed by atoms with Gasteiger partial charge in [0, 0.05) is 36.5 Å². The minimum atomic E-state index is -4.57. The van der Waals surface area contributed by atoms with E-state index in [-0.39, 0.29) is 24.3 Å². The molecule has 1 aromatic carbocycles. The van der Waals surface area contributed by atoms with E-state index in [1.54, 1.807) is 36.8 Å². The molecule has 0 radical (unpaired) electrons. The maximum absolute atomic E-state index is 13.0. The summed E-state index contributed by atoms with van der Waals surface area (Å²) in [4.78, 5) is 29.3. The Morgan fingerprint density at radius 3 is 2.65 bits per heavy atom. The van der Waals surface area contributed by atoms with Crippen LogP contribution >= 0.6 is 11.3 Å². The molecule has 1 amide bonds.